The third-order valence-electron chi connectivity index (χ3n) is 2.22. The molecule has 2 nitrogen and oxygen atoms in total. The van der Waals surface area contributed by atoms with E-state index >= 15 is 0 Å². The summed E-state index contributed by atoms with van der Waals surface area (Å²) in [5.41, 5.74) is 0.0696. The molecule has 1 aromatic carbocycles. The van der Waals surface area contributed by atoms with E-state index in [2.05, 4.69) is 0 Å². The van der Waals surface area contributed by atoms with Crippen LogP contribution in [-0.2, 0) is 6.54 Å². The molecule has 0 amide bonds. The lowest BCUT2D eigenvalue weighted by Gasteiger charge is -2.23. The van der Waals surface area contributed by atoms with Crippen LogP contribution in [-0.4, -0.2) is 35.9 Å². The molecule has 0 aliphatic carbocycles. The van der Waals surface area contributed by atoms with Gasteiger partial charge in [-0.05, 0) is 18.2 Å². The van der Waals surface area contributed by atoms with Crippen LogP contribution in [0.25, 0.3) is 0 Å². The third kappa shape index (κ3) is 5.20. The molecule has 7 heteroatoms. The topological polar surface area (TPSA) is 23.5 Å². The Morgan fingerprint density at radius 3 is 2.50 bits per heavy atom. The first kappa shape index (κ1) is 15.2. The van der Waals surface area contributed by atoms with Gasteiger partial charge in [-0.2, -0.15) is 13.2 Å². The molecule has 0 saturated carbocycles. The van der Waals surface area contributed by atoms with Gasteiger partial charge in [0, 0.05) is 23.7 Å². The standard InChI is InChI=1S/C11H12ClF4NO/c12-9-1-2-10(13)8(5-9)6-17(3-4-18)7-11(14,15)16/h1-2,5,18H,3-4,6-7H2. The minimum atomic E-state index is -4.40. The van der Waals surface area contributed by atoms with E-state index < -0.39 is 25.1 Å². The van der Waals surface area contributed by atoms with Crippen molar-refractivity contribution in [3.8, 4) is 0 Å². The van der Waals surface area contributed by atoms with E-state index in [1.165, 1.54) is 12.1 Å². The van der Waals surface area contributed by atoms with Crippen molar-refractivity contribution in [2.24, 2.45) is 0 Å². The number of nitrogens with zero attached hydrogens (tertiary/aromatic N) is 1. The van der Waals surface area contributed by atoms with Crippen LogP contribution in [0.4, 0.5) is 17.6 Å². The molecule has 0 heterocycles. The van der Waals surface area contributed by atoms with Crippen molar-refractivity contribution in [3.63, 3.8) is 0 Å². The van der Waals surface area contributed by atoms with Gasteiger partial charge < -0.3 is 5.11 Å². The van der Waals surface area contributed by atoms with Crippen LogP contribution in [0.5, 0.6) is 0 Å². The molecule has 1 N–H and O–H groups in total. The van der Waals surface area contributed by atoms with E-state index in [0.29, 0.717) is 0 Å². The Labute approximate surface area is 107 Å². The summed E-state index contributed by atoms with van der Waals surface area (Å²) in [6, 6.07) is 3.69. The molecule has 102 valence electrons. The summed E-state index contributed by atoms with van der Waals surface area (Å²) in [5, 5.41) is 8.96. The largest absolute Gasteiger partial charge is 0.401 e. The molecule has 0 aromatic heterocycles. The average Bonchev–Trinajstić information content (AvgIpc) is 2.21. The fourth-order valence-corrected chi connectivity index (χ4v) is 1.71. The fraction of sp³-hybridized carbons (Fsp3) is 0.455. The Bertz CT molecular complexity index is 397. The zero-order valence-corrected chi connectivity index (χ0v) is 10.1. The normalized spacial score (nSPS) is 12.2. The molecule has 0 unspecified atom stereocenters. The predicted molar refractivity (Wildman–Crippen MR) is 59.8 cm³/mol. The van der Waals surface area contributed by atoms with Crippen molar-refractivity contribution in [3.05, 3.63) is 34.6 Å². The molecular formula is C11H12ClF4NO. The summed E-state index contributed by atoms with van der Waals surface area (Å²) in [4.78, 5) is 0.911. The van der Waals surface area contributed by atoms with Crippen molar-refractivity contribution in [1.82, 2.24) is 4.90 Å². The van der Waals surface area contributed by atoms with Gasteiger partial charge in [-0.15, -0.1) is 0 Å². The van der Waals surface area contributed by atoms with Crippen molar-refractivity contribution >= 4 is 11.6 Å². The minimum absolute atomic E-state index is 0.0696. The maximum atomic E-state index is 13.4. The Morgan fingerprint density at radius 2 is 1.94 bits per heavy atom. The quantitative estimate of drug-likeness (QED) is 0.841. The van der Waals surface area contributed by atoms with Gasteiger partial charge in [0.05, 0.1) is 13.2 Å². The number of aliphatic hydroxyl groups is 1. The molecule has 0 saturated heterocycles. The number of hydrogen-bond donors (Lipinski definition) is 1. The Kier molecular flexibility index (Phi) is 5.37. The molecule has 0 spiro atoms. The van der Waals surface area contributed by atoms with Crippen molar-refractivity contribution < 1.29 is 22.7 Å². The van der Waals surface area contributed by atoms with Gasteiger partial charge in [-0.25, -0.2) is 4.39 Å². The number of benzene rings is 1. The first-order valence-electron chi connectivity index (χ1n) is 5.15. The van der Waals surface area contributed by atoms with Gasteiger partial charge in [-0.1, -0.05) is 11.6 Å². The summed E-state index contributed by atoms with van der Waals surface area (Å²) in [5.74, 6) is -0.621. The van der Waals surface area contributed by atoms with E-state index in [0.717, 1.165) is 11.0 Å². The number of hydrogen-bond acceptors (Lipinski definition) is 2. The molecule has 0 aliphatic rings. The second-order valence-electron chi connectivity index (χ2n) is 3.79. The van der Waals surface area contributed by atoms with E-state index in [1.807, 2.05) is 0 Å². The van der Waals surface area contributed by atoms with Gasteiger partial charge in [-0.3, -0.25) is 4.90 Å². The molecule has 1 aromatic rings. The van der Waals surface area contributed by atoms with Crippen LogP contribution in [0.1, 0.15) is 5.56 Å². The summed E-state index contributed by atoms with van der Waals surface area (Å²) in [6.07, 6.45) is -4.40. The predicted octanol–water partition coefficient (Wildman–Crippen LogP) is 2.84. The minimum Gasteiger partial charge on any atom is -0.395 e. The monoisotopic (exact) mass is 285 g/mol. The van der Waals surface area contributed by atoms with Crippen LogP contribution in [0.2, 0.25) is 5.02 Å². The fourth-order valence-electron chi connectivity index (χ4n) is 1.51. The zero-order chi connectivity index (χ0) is 13.8. The molecule has 0 bridgehead atoms. The highest BCUT2D eigenvalue weighted by molar-refractivity contribution is 6.30. The average molecular weight is 286 g/mol. The molecule has 1 rings (SSSR count). The lowest BCUT2D eigenvalue weighted by molar-refractivity contribution is -0.148. The Hall–Kier alpha value is -0.850. The van der Waals surface area contributed by atoms with Crippen LogP contribution in [0, 0.1) is 5.82 Å². The van der Waals surface area contributed by atoms with E-state index in [9.17, 15) is 17.6 Å². The van der Waals surface area contributed by atoms with E-state index in [-0.39, 0.29) is 23.7 Å². The van der Waals surface area contributed by atoms with Crippen LogP contribution >= 0.6 is 11.6 Å². The number of aliphatic hydroxyl groups excluding tert-OH is 1. The molecule has 0 radical (unpaired) electrons. The summed E-state index contributed by atoms with van der Waals surface area (Å²) in [6.45, 7) is -2.09. The first-order valence-corrected chi connectivity index (χ1v) is 5.53. The maximum Gasteiger partial charge on any atom is 0.401 e. The molecule has 18 heavy (non-hydrogen) atoms. The van der Waals surface area contributed by atoms with E-state index in [1.54, 1.807) is 0 Å². The summed E-state index contributed by atoms with van der Waals surface area (Å²) in [7, 11) is 0. The van der Waals surface area contributed by atoms with Gasteiger partial charge in [0.2, 0.25) is 0 Å². The number of rotatable bonds is 5. The first-order chi connectivity index (χ1) is 8.31. The van der Waals surface area contributed by atoms with Gasteiger partial charge >= 0.3 is 6.18 Å². The molecular weight excluding hydrogens is 274 g/mol. The molecule has 0 aliphatic heterocycles. The smallest absolute Gasteiger partial charge is 0.395 e. The van der Waals surface area contributed by atoms with Gasteiger partial charge in [0.25, 0.3) is 0 Å². The van der Waals surface area contributed by atoms with Crippen LogP contribution < -0.4 is 0 Å². The highest BCUT2D eigenvalue weighted by Crippen LogP contribution is 2.20. The molecule has 0 fully saturated rings. The van der Waals surface area contributed by atoms with Gasteiger partial charge in [0.1, 0.15) is 5.82 Å². The second-order valence-corrected chi connectivity index (χ2v) is 4.22. The number of halogens is 5. The second kappa shape index (κ2) is 6.36. The van der Waals surface area contributed by atoms with Crippen molar-refractivity contribution in [2.75, 3.05) is 19.7 Å². The Balaban J connectivity index is 2.79. The lowest BCUT2D eigenvalue weighted by Crippen LogP contribution is -2.36. The number of alkyl halides is 3. The summed E-state index contributed by atoms with van der Waals surface area (Å²) < 4.78 is 50.2. The highest BCUT2D eigenvalue weighted by atomic mass is 35.5. The SMILES string of the molecule is OCCN(Cc1cc(Cl)ccc1F)CC(F)(F)F. The van der Waals surface area contributed by atoms with Crippen molar-refractivity contribution in [1.29, 1.82) is 0 Å². The zero-order valence-electron chi connectivity index (χ0n) is 9.34. The highest BCUT2D eigenvalue weighted by Gasteiger charge is 2.30. The molecule has 0 atom stereocenters. The lowest BCUT2D eigenvalue weighted by atomic mass is 10.2. The Morgan fingerprint density at radius 1 is 1.28 bits per heavy atom. The third-order valence-corrected chi connectivity index (χ3v) is 2.46. The van der Waals surface area contributed by atoms with Crippen LogP contribution in [0.3, 0.4) is 0 Å². The summed E-state index contributed by atoms with van der Waals surface area (Å²) >= 11 is 5.65. The van der Waals surface area contributed by atoms with Crippen molar-refractivity contribution in [2.45, 2.75) is 12.7 Å². The van der Waals surface area contributed by atoms with Gasteiger partial charge in [0.15, 0.2) is 0 Å². The van der Waals surface area contributed by atoms with Crippen LogP contribution in [0.15, 0.2) is 18.2 Å². The van der Waals surface area contributed by atoms with E-state index in [4.69, 9.17) is 16.7 Å². The maximum absolute atomic E-state index is 13.4.